The summed E-state index contributed by atoms with van der Waals surface area (Å²) in [7, 11) is 1.92. The van der Waals surface area contributed by atoms with E-state index in [4.69, 9.17) is 0 Å². The summed E-state index contributed by atoms with van der Waals surface area (Å²) < 4.78 is 0. The summed E-state index contributed by atoms with van der Waals surface area (Å²) in [6.45, 7) is 22.4. The van der Waals surface area contributed by atoms with Crippen LogP contribution in [-0.2, 0) is 11.2 Å². The number of benzene rings is 1. The normalized spacial score (nSPS) is 11.3. The summed E-state index contributed by atoms with van der Waals surface area (Å²) in [6.07, 6.45) is 21.9. The highest BCUT2D eigenvalue weighted by Gasteiger charge is 2.15. The van der Waals surface area contributed by atoms with Gasteiger partial charge in [0, 0.05) is 37.0 Å². The zero-order valence-corrected chi connectivity index (χ0v) is 29.5. The van der Waals surface area contributed by atoms with E-state index >= 15 is 0 Å². The van der Waals surface area contributed by atoms with E-state index in [1.54, 1.807) is 6.92 Å². The number of allylic oxidation sites excluding steroid dienone is 5. The third-order valence-corrected chi connectivity index (χ3v) is 7.13. The Morgan fingerprint density at radius 3 is 1.67 bits per heavy atom. The summed E-state index contributed by atoms with van der Waals surface area (Å²) in [5.74, 6) is 1.33. The third-order valence-electron chi connectivity index (χ3n) is 7.13. The predicted octanol–water partition coefficient (Wildman–Crippen LogP) is 11.8. The van der Waals surface area contributed by atoms with Crippen LogP contribution in [0, 0.1) is 18.8 Å². The van der Waals surface area contributed by atoms with Crippen molar-refractivity contribution in [2.75, 3.05) is 7.05 Å². The summed E-state index contributed by atoms with van der Waals surface area (Å²) in [5, 5.41) is 0. The molecule has 3 nitrogen and oxygen atoms in total. The van der Waals surface area contributed by atoms with Crippen molar-refractivity contribution in [2.45, 2.75) is 120 Å². The molecule has 1 heterocycles. The van der Waals surface area contributed by atoms with Crippen molar-refractivity contribution < 1.29 is 4.79 Å². The van der Waals surface area contributed by atoms with Gasteiger partial charge in [-0.3, -0.25) is 14.8 Å². The first-order valence-corrected chi connectivity index (χ1v) is 16.5. The van der Waals surface area contributed by atoms with E-state index in [9.17, 15) is 4.79 Å². The van der Waals surface area contributed by atoms with Gasteiger partial charge in [-0.2, -0.15) is 0 Å². The molecule has 0 aliphatic heterocycles. The zero-order valence-electron chi connectivity index (χ0n) is 29.5. The highest BCUT2D eigenvalue weighted by molar-refractivity contribution is 6.02. The molecule has 0 saturated heterocycles. The molecule has 240 valence electrons. The van der Waals surface area contributed by atoms with Crippen molar-refractivity contribution in [3.8, 4) is 0 Å². The fraction of sp³-hybridized carbons (Fsp3) is 0.525. The molecule has 43 heavy (non-hydrogen) atoms. The minimum atomic E-state index is 0.343. The number of ketones is 1. The smallest absolute Gasteiger partial charge is 0.132 e. The average molecular weight is 589 g/mol. The summed E-state index contributed by atoms with van der Waals surface area (Å²) in [5.41, 5.74) is 6.44. The maximum Gasteiger partial charge on any atom is 0.132 e. The van der Waals surface area contributed by atoms with Gasteiger partial charge in [-0.1, -0.05) is 127 Å². The quantitative estimate of drug-likeness (QED) is 0.163. The Hall–Kier alpha value is -3.07. The van der Waals surface area contributed by atoms with Crippen LogP contribution in [0.25, 0.3) is 0 Å². The summed E-state index contributed by atoms with van der Waals surface area (Å²) in [6, 6.07) is 12.8. The van der Waals surface area contributed by atoms with Crippen molar-refractivity contribution in [3.05, 3.63) is 102 Å². The Balaban J connectivity index is 0. The van der Waals surface area contributed by atoms with E-state index in [0.29, 0.717) is 17.6 Å². The second-order valence-electron chi connectivity index (χ2n) is 11.0. The van der Waals surface area contributed by atoms with Gasteiger partial charge in [0.2, 0.25) is 0 Å². The van der Waals surface area contributed by atoms with Crippen LogP contribution in [0.15, 0.2) is 90.2 Å². The van der Waals surface area contributed by atoms with Crippen molar-refractivity contribution in [2.24, 2.45) is 16.8 Å². The van der Waals surface area contributed by atoms with Crippen LogP contribution in [0.1, 0.15) is 123 Å². The first-order chi connectivity index (χ1) is 20.7. The lowest BCUT2D eigenvalue weighted by Crippen LogP contribution is -2.16. The minimum absolute atomic E-state index is 0.343. The van der Waals surface area contributed by atoms with E-state index in [1.807, 2.05) is 69.7 Å². The summed E-state index contributed by atoms with van der Waals surface area (Å²) in [4.78, 5) is 19.4. The maximum atomic E-state index is 10.9. The van der Waals surface area contributed by atoms with Gasteiger partial charge in [0.15, 0.2) is 0 Å². The van der Waals surface area contributed by atoms with Crippen molar-refractivity contribution in [1.82, 2.24) is 4.98 Å². The molecular weight excluding hydrogens is 524 g/mol. The number of nitrogens with zero attached hydrogens (tertiary/aromatic N) is 2. The standard InChI is InChI=1S/C16H25N.C9H18O.C8H12.C7H9N/c1-5-7-14(8-6-2)16(17-4)15-11-9-13(3)10-12-15;1-4-6-9(7-5-2)8(3)10;1-4-6-7-8(3)5-2;1-2-7-3-5-8-6-4-7/h9-12,14H,5-8H2,1-4H3;9H,4-7H2,1-3H3;4-7H,2H2,1,3H3;3-6H,2H2,1H3/b;;6-4-,8-7-;. The molecule has 3 heteroatoms. The molecule has 0 unspecified atom stereocenters. The molecule has 1 aromatic heterocycles. The van der Waals surface area contributed by atoms with Crippen LogP contribution in [0.4, 0.5) is 0 Å². The number of Topliss-reactive ketones (excluding diaryl/α,β-unsaturated/α-hetero) is 1. The number of hydrogen-bond donors (Lipinski definition) is 0. The maximum absolute atomic E-state index is 10.9. The largest absolute Gasteiger partial charge is 0.300 e. The number of rotatable bonds is 14. The molecule has 0 atom stereocenters. The second-order valence-corrected chi connectivity index (χ2v) is 11.0. The number of carbonyl (C=O) groups excluding carboxylic acids is 1. The lowest BCUT2D eigenvalue weighted by molar-refractivity contribution is -0.121. The Morgan fingerprint density at radius 2 is 1.33 bits per heavy atom. The number of carbonyl (C=O) groups is 1. The Kier molecular flexibility index (Phi) is 28.4. The molecule has 0 saturated carbocycles. The van der Waals surface area contributed by atoms with Gasteiger partial charge in [0.1, 0.15) is 5.78 Å². The molecule has 0 aliphatic rings. The van der Waals surface area contributed by atoms with Gasteiger partial charge < -0.3 is 0 Å². The van der Waals surface area contributed by atoms with Crippen LogP contribution in [0.2, 0.25) is 0 Å². The second kappa shape index (κ2) is 29.0. The molecule has 2 rings (SSSR count). The lowest BCUT2D eigenvalue weighted by atomic mass is 9.88. The zero-order chi connectivity index (χ0) is 32.9. The van der Waals surface area contributed by atoms with Crippen LogP contribution in [-0.4, -0.2) is 23.5 Å². The Bertz CT molecular complexity index is 1020. The molecule has 2 aromatic rings. The first kappa shape index (κ1) is 42.1. The third kappa shape index (κ3) is 22.2. The van der Waals surface area contributed by atoms with Crippen molar-refractivity contribution >= 4 is 11.5 Å². The van der Waals surface area contributed by atoms with E-state index in [-0.39, 0.29) is 0 Å². The Morgan fingerprint density at radius 1 is 0.837 bits per heavy atom. The number of pyridine rings is 1. The molecule has 0 spiro atoms. The van der Waals surface area contributed by atoms with Crippen LogP contribution >= 0.6 is 0 Å². The van der Waals surface area contributed by atoms with E-state index in [0.717, 1.165) is 32.1 Å². The number of aromatic nitrogens is 1. The molecule has 0 radical (unpaired) electrons. The number of hydrogen-bond acceptors (Lipinski definition) is 3. The first-order valence-electron chi connectivity index (χ1n) is 16.5. The molecule has 0 aliphatic carbocycles. The van der Waals surface area contributed by atoms with Crippen LogP contribution < -0.4 is 0 Å². The van der Waals surface area contributed by atoms with Crippen LogP contribution in [0.3, 0.4) is 0 Å². The van der Waals surface area contributed by atoms with E-state index < -0.39 is 0 Å². The van der Waals surface area contributed by atoms with E-state index in [1.165, 1.54) is 53.7 Å². The molecular formula is C40H64N2O. The highest BCUT2D eigenvalue weighted by atomic mass is 16.1. The number of aliphatic imine (C=N–C) groups is 1. The highest BCUT2D eigenvalue weighted by Crippen LogP contribution is 2.21. The van der Waals surface area contributed by atoms with Crippen molar-refractivity contribution in [3.63, 3.8) is 0 Å². The molecule has 0 N–H and O–H groups in total. The van der Waals surface area contributed by atoms with Gasteiger partial charge in [-0.25, -0.2) is 0 Å². The van der Waals surface area contributed by atoms with Gasteiger partial charge in [-0.15, -0.1) is 0 Å². The van der Waals surface area contributed by atoms with Gasteiger partial charge in [0.25, 0.3) is 0 Å². The SMILES string of the molecule is C=C/C(C)=C\C=C/C.CCCC(CCC)C(=NC)c1ccc(C)cc1.CCCC(CCC)C(C)=O.CCc1ccncc1. The fourth-order valence-electron chi connectivity index (χ4n) is 4.57. The Labute approximate surface area is 266 Å². The molecule has 0 fully saturated rings. The van der Waals surface area contributed by atoms with Crippen molar-refractivity contribution in [1.29, 1.82) is 0 Å². The molecule has 0 bridgehead atoms. The monoisotopic (exact) mass is 589 g/mol. The molecule has 1 aromatic carbocycles. The van der Waals surface area contributed by atoms with Gasteiger partial charge in [0.05, 0.1) is 0 Å². The average Bonchev–Trinajstić information content (AvgIpc) is 3.02. The van der Waals surface area contributed by atoms with E-state index in [2.05, 4.69) is 82.4 Å². The number of aryl methyl sites for hydroxylation is 2. The predicted molar refractivity (Wildman–Crippen MR) is 193 cm³/mol. The van der Waals surface area contributed by atoms with Gasteiger partial charge >= 0.3 is 0 Å². The summed E-state index contributed by atoms with van der Waals surface area (Å²) >= 11 is 0. The molecule has 0 amide bonds. The minimum Gasteiger partial charge on any atom is -0.300 e. The van der Waals surface area contributed by atoms with Crippen LogP contribution in [0.5, 0.6) is 0 Å². The fourth-order valence-corrected chi connectivity index (χ4v) is 4.57. The topological polar surface area (TPSA) is 42.3 Å². The van der Waals surface area contributed by atoms with Gasteiger partial charge in [-0.05, 0) is 83.1 Å². The lowest BCUT2D eigenvalue weighted by Gasteiger charge is -2.18.